The molecule has 2 aliphatic rings. The first-order valence-corrected chi connectivity index (χ1v) is 9.71. The lowest BCUT2D eigenvalue weighted by atomic mass is 10.3. The van der Waals surface area contributed by atoms with Crippen LogP contribution >= 0.6 is 23.4 Å². The second-order valence-corrected chi connectivity index (χ2v) is 7.99. The Morgan fingerprint density at radius 2 is 2.08 bits per heavy atom. The average molecular weight is 379 g/mol. The van der Waals surface area contributed by atoms with Crippen molar-refractivity contribution in [1.29, 1.82) is 0 Å². The molecule has 25 heavy (non-hydrogen) atoms. The summed E-state index contributed by atoms with van der Waals surface area (Å²) in [6.45, 7) is 3.84. The lowest BCUT2D eigenvalue weighted by Gasteiger charge is -2.18. The second kappa shape index (κ2) is 6.88. The molecule has 0 unspecified atom stereocenters. The summed E-state index contributed by atoms with van der Waals surface area (Å²) in [6.07, 6.45) is 2.94. The molecule has 0 spiro atoms. The number of benzene rings is 1. The maximum atomic E-state index is 12.0. The van der Waals surface area contributed by atoms with Gasteiger partial charge in [0, 0.05) is 24.5 Å². The molecule has 0 N–H and O–H groups in total. The van der Waals surface area contributed by atoms with E-state index in [1.807, 2.05) is 35.8 Å². The standard InChI is InChI=1S/C17H19ClN4O2S/c1-11-9-14(15(23)24-11)25-17-20-19-16(21-7-2-3-8-21)22(17)13-6-4-5-12(18)10-13/h4-6,10-11,14H,2-3,7-9H2,1H3/t11-,14+/m0/s1. The van der Waals surface area contributed by atoms with Crippen molar-refractivity contribution >= 4 is 35.3 Å². The Kier molecular flexibility index (Phi) is 4.60. The summed E-state index contributed by atoms with van der Waals surface area (Å²) in [4.78, 5) is 14.3. The third-order valence-corrected chi connectivity index (χ3v) is 5.83. The fraction of sp³-hybridized carbons (Fsp3) is 0.471. The van der Waals surface area contributed by atoms with Crippen LogP contribution in [0.2, 0.25) is 5.02 Å². The Balaban J connectivity index is 1.72. The zero-order chi connectivity index (χ0) is 17.4. The Bertz CT molecular complexity index is 791. The van der Waals surface area contributed by atoms with E-state index in [-0.39, 0.29) is 17.3 Å². The molecule has 2 atom stereocenters. The van der Waals surface area contributed by atoms with Crippen molar-refractivity contribution in [2.75, 3.05) is 18.0 Å². The summed E-state index contributed by atoms with van der Waals surface area (Å²) >= 11 is 7.61. The van der Waals surface area contributed by atoms with Crippen LogP contribution in [0.5, 0.6) is 0 Å². The number of esters is 1. The summed E-state index contributed by atoms with van der Waals surface area (Å²) < 4.78 is 7.27. The van der Waals surface area contributed by atoms with Gasteiger partial charge in [0.2, 0.25) is 5.95 Å². The highest BCUT2D eigenvalue weighted by Crippen LogP contribution is 2.35. The average Bonchev–Trinajstić information content (AvgIpc) is 3.28. The van der Waals surface area contributed by atoms with Gasteiger partial charge in [0.25, 0.3) is 0 Å². The molecule has 1 aromatic carbocycles. The molecule has 3 heterocycles. The molecule has 2 saturated heterocycles. The molecule has 0 saturated carbocycles. The van der Waals surface area contributed by atoms with Gasteiger partial charge >= 0.3 is 5.97 Å². The van der Waals surface area contributed by atoms with Crippen molar-refractivity contribution in [2.24, 2.45) is 0 Å². The SMILES string of the molecule is C[C@H]1C[C@@H](Sc2nnc(N3CCCC3)n2-c2cccc(Cl)c2)C(=O)O1. The van der Waals surface area contributed by atoms with Crippen molar-refractivity contribution < 1.29 is 9.53 Å². The monoisotopic (exact) mass is 378 g/mol. The zero-order valence-corrected chi connectivity index (χ0v) is 15.5. The van der Waals surface area contributed by atoms with Gasteiger partial charge in [-0.2, -0.15) is 0 Å². The van der Waals surface area contributed by atoms with Gasteiger partial charge in [0.15, 0.2) is 5.16 Å². The number of hydrogen-bond acceptors (Lipinski definition) is 6. The molecule has 2 fully saturated rings. The van der Waals surface area contributed by atoms with Crippen LogP contribution < -0.4 is 4.90 Å². The summed E-state index contributed by atoms with van der Waals surface area (Å²) in [5, 5.41) is 9.89. The molecule has 0 amide bonds. The predicted molar refractivity (Wildman–Crippen MR) is 97.6 cm³/mol. The third-order valence-electron chi connectivity index (χ3n) is 4.45. The van der Waals surface area contributed by atoms with Crippen LogP contribution in [0.25, 0.3) is 5.69 Å². The Morgan fingerprint density at radius 1 is 1.28 bits per heavy atom. The van der Waals surface area contributed by atoms with Gasteiger partial charge in [0.1, 0.15) is 11.4 Å². The predicted octanol–water partition coefficient (Wildman–Crippen LogP) is 3.32. The van der Waals surface area contributed by atoms with E-state index in [0.29, 0.717) is 16.6 Å². The Labute approximate surface area is 155 Å². The molecule has 6 nitrogen and oxygen atoms in total. The van der Waals surface area contributed by atoms with Crippen LogP contribution in [0.1, 0.15) is 26.2 Å². The molecule has 0 radical (unpaired) electrons. The van der Waals surface area contributed by atoms with E-state index in [2.05, 4.69) is 15.1 Å². The van der Waals surface area contributed by atoms with Gasteiger partial charge in [-0.15, -0.1) is 10.2 Å². The first kappa shape index (κ1) is 16.7. The van der Waals surface area contributed by atoms with Crippen molar-refractivity contribution in [3.63, 3.8) is 0 Å². The largest absolute Gasteiger partial charge is 0.462 e. The molecule has 4 rings (SSSR count). The van der Waals surface area contributed by atoms with Gasteiger partial charge < -0.3 is 9.64 Å². The quantitative estimate of drug-likeness (QED) is 0.760. The van der Waals surface area contributed by atoms with E-state index in [9.17, 15) is 4.79 Å². The van der Waals surface area contributed by atoms with Gasteiger partial charge in [-0.1, -0.05) is 29.4 Å². The fourth-order valence-electron chi connectivity index (χ4n) is 3.25. The normalized spacial score (nSPS) is 23.3. The molecule has 0 aliphatic carbocycles. The lowest BCUT2D eigenvalue weighted by Crippen LogP contribution is -2.22. The smallest absolute Gasteiger partial charge is 0.319 e. The maximum absolute atomic E-state index is 12.0. The van der Waals surface area contributed by atoms with Crippen LogP contribution in [0, 0.1) is 0 Å². The van der Waals surface area contributed by atoms with E-state index >= 15 is 0 Å². The number of carbonyl (C=O) groups excluding carboxylic acids is 1. The summed E-state index contributed by atoms with van der Waals surface area (Å²) in [6, 6.07) is 7.62. The minimum atomic E-state index is -0.247. The minimum Gasteiger partial charge on any atom is -0.462 e. The number of cyclic esters (lactones) is 1. The fourth-order valence-corrected chi connectivity index (χ4v) is 4.58. The van der Waals surface area contributed by atoms with Gasteiger partial charge in [0.05, 0.1) is 5.69 Å². The number of halogens is 1. The van der Waals surface area contributed by atoms with Crippen LogP contribution in [-0.2, 0) is 9.53 Å². The third kappa shape index (κ3) is 3.35. The maximum Gasteiger partial charge on any atom is 0.319 e. The number of aromatic nitrogens is 3. The number of rotatable bonds is 4. The van der Waals surface area contributed by atoms with E-state index in [1.165, 1.54) is 11.8 Å². The highest BCUT2D eigenvalue weighted by molar-refractivity contribution is 8.00. The topological polar surface area (TPSA) is 60.2 Å². The first-order valence-electron chi connectivity index (χ1n) is 8.45. The molecule has 8 heteroatoms. The van der Waals surface area contributed by atoms with E-state index in [1.54, 1.807) is 0 Å². The van der Waals surface area contributed by atoms with Gasteiger partial charge in [-0.05, 0) is 38.0 Å². The van der Waals surface area contributed by atoms with E-state index in [0.717, 1.165) is 37.6 Å². The van der Waals surface area contributed by atoms with E-state index < -0.39 is 0 Å². The van der Waals surface area contributed by atoms with Crippen LogP contribution in [0.4, 0.5) is 5.95 Å². The molecule has 132 valence electrons. The molecule has 2 aromatic rings. The van der Waals surface area contributed by atoms with E-state index in [4.69, 9.17) is 16.3 Å². The van der Waals surface area contributed by atoms with Crippen molar-refractivity contribution in [3.8, 4) is 5.69 Å². The number of carbonyl (C=O) groups is 1. The zero-order valence-electron chi connectivity index (χ0n) is 13.9. The summed E-state index contributed by atoms with van der Waals surface area (Å²) in [5.41, 5.74) is 0.904. The Morgan fingerprint density at radius 3 is 2.76 bits per heavy atom. The Hall–Kier alpha value is -1.73. The number of thioether (sulfide) groups is 1. The summed E-state index contributed by atoms with van der Waals surface area (Å²) in [7, 11) is 0. The van der Waals surface area contributed by atoms with Crippen molar-refractivity contribution in [3.05, 3.63) is 29.3 Å². The lowest BCUT2D eigenvalue weighted by molar-refractivity contribution is -0.140. The molecule has 1 aromatic heterocycles. The van der Waals surface area contributed by atoms with Crippen LogP contribution in [0.3, 0.4) is 0 Å². The van der Waals surface area contributed by atoms with Crippen molar-refractivity contribution in [2.45, 2.75) is 42.7 Å². The number of ether oxygens (including phenoxy) is 1. The number of hydrogen-bond donors (Lipinski definition) is 0. The van der Waals surface area contributed by atoms with Crippen LogP contribution in [0.15, 0.2) is 29.4 Å². The minimum absolute atomic E-state index is 0.0504. The highest BCUT2D eigenvalue weighted by atomic mass is 35.5. The van der Waals surface area contributed by atoms with Crippen LogP contribution in [-0.4, -0.2) is 45.2 Å². The summed E-state index contributed by atoms with van der Waals surface area (Å²) in [5.74, 6) is 0.627. The van der Waals surface area contributed by atoms with Crippen molar-refractivity contribution in [1.82, 2.24) is 14.8 Å². The molecular formula is C17H19ClN4O2S. The van der Waals surface area contributed by atoms with Gasteiger partial charge in [-0.3, -0.25) is 9.36 Å². The number of nitrogens with zero attached hydrogens (tertiary/aromatic N) is 4. The molecule has 0 bridgehead atoms. The molecular weight excluding hydrogens is 360 g/mol. The first-order chi connectivity index (χ1) is 12.1. The second-order valence-electron chi connectivity index (χ2n) is 6.38. The highest BCUT2D eigenvalue weighted by Gasteiger charge is 2.35. The molecule has 2 aliphatic heterocycles. The van der Waals surface area contributed by atoms with Gasteiger partial charge in [-0.25, -0.2) is 0 Å². The number of anilines is 1.